The topological polar surface area (TPSA) is 20.2 Å². The molecule has 5 atom stereocenters. The van der Waals surface area contributed by atoms with Gasteiger partial charge in [-0.3, -0.25) is 0 Å². The molecule has 0 aromatic heterocycles. The van der Waals surface area contributed by atoms with Gasteiger partial charge < -0.3 is 5.11 Å². The average Bonchev–Trinajstić information content (AvgIpc) is 2.46. The number of rotatable bonds is 4. The van der Waals surface area contributed by atoms with Crippen molar-refractivity contribution in [2.75, 3.05) is 0 Å². The van der Waals surface area contributed by atoms with E-state index in [4.69, 9.17) is 0 Å². The minimum Gasteiger partial charge on any atom is -0.393 e. The highest BCUT2D eigenvalue weighted by molar-refractivity contribution is 4.86. The first kappa shape index (κ1) is 14.4. The number of aliphatic hydroxyl groups is 1. The molecule has 18 heavy (non-hydrogen) atoms. The molecule has 1 heteroatoms. The Morgan fingerprint density at radius 1 is 0.944 bits per heavy atom. The van der Waals surface area contributed by atoms with Crippen LogP contribution in [0.4, 0.5) is 0 Å². The third-order valence-electron chi connectivity index (χ3n) is 5.81. The van der Waals surface area contributed by atoms with Gasteiger partial charge >= 0.3 is 0 Å². The Morgan fingerprint density at radius 2 is 1.72 bits per heavy atom. The Labute approximate surface area is 113 Å². The van der Waals surface area contributed by atoms with Crippen LogP contribution >= 0.6 is 0 Å². The van der Waals surface area contributed by atoms with Crippen LogP contribution in [0.1, 0.15) is 78.1 Å². The Bertz CT molecular complexity index is 238. The molecule has 1 N–H and O–H groups in total. The van der Waals surface area contributed by atoms with Crippen LogP contribution in [0.3, 0.4) is 0 Å². The summed E-state index contributed by atoms with van der Waals surface area (Å²) >= 11 is 0. The fraction of sp³-hybridized carbons (Fsp3) is 1.00. The van der Waals surface area contributed by atoms with Crippen LogP contribution in [0.15, 0.2) is 0 Å². The zero-order chi connectivity index (χ0) is 13.0. The second-order valence-corrected chi connectivity index (χ2v) is 6.81. The van der Waals surface area contributed by atoms with E-state index in [1.54, 1.807) is 0 Å². The molecule has 1 nitrogen and oxygen atoms in total. The van der Waals surface area contributed by atoms with E-state index >= 15 is 0 Å². The molecule has 0 aliphatic heterocycles. The average molecular weight is 252 g/mol. The summed E-state index contributed by atoms with van der Waals surface area (Å²) in [5.41, 5.74) is 0. The van der Waals surface area contributed by atoms with Gasteiger partial charge in [-0.25, -0.2) is 0 Å². The van der Waals surface area contributed by atoms with Gasteiger partial charge in [0.05, 0.1) is 6.10 Å². The first-order valence-corrected chi connectivity index (χ1v) is 8.44. The van der Waals surface area contributed by atoms with E-state index in [1.165, 1.54) is 64.2 Å². The molecule has 5 unspecified atom stereocenters. The van der Waals surface area contributed by atoms with Gasteiger partial charge in [-0.1, -0.05) is 58.8 Å². The molecule has 0 heterocycles. The lowest BCUT2D eigenvalue weighted by atomic mass is 9.68. The number of aliphatic hydroxyl groups excluding tert-OH is 1. The largest absolute Gasteiger partial charge is 0.393 e. The molecule has 0 bridgehead atoms. The summed E-state index contributed by atoms with van der Waals surface area (Å²) in [4.78, 5) is 0. The highest BCUT2D eigenvalue weighted by Gasteiger charge is 2.36. The minimum absolute atomic E-state index is 0.00426. The van der Waals surface area contributed by atoms with E-state index in [1.807, 2.05) is 0 Å². The maximum absolute atomic E-state index is 10.8. The van der Waals surface area contributed by atoms with Gasteiger partial charge in [0.2, 0.25) is 0 Å². The molecule has 0 aromatic carbocycles. The molecule has 106 valence electrons. The van der Waals surface area contributed by atoms with E-state index in [2.05, 4.69) is 13.8 Å². The van der Waals surface area contributed by atoms with Gasteiger partial charge in [0.25, 0.3) is 0 Å². The summed E-state index contributed by atoms with van der Waals surface area (Å²) < 4.78 is 0. The maximum atomic E-state index is 10.8. The third-order valence-corrected chi connectivity index (χ3v) is 5.81. The Balaban J connectivity index is 1.93. The summed E-state index contributed by atoms with van der Waals surface area (Å²) in [6.45, 7) is 4.63. The van der Waals surface area contributed by atoms with Gasteiger partial charge in [0.15, 0.2) is 0 Å². The quantitative estimate of drug-likeness (QED) is 0.763. The fourth-order valence-electron chi connectivity index (χ4n) is 4.56. The summed E-state index contributed by atoms with van der Waals surface area (Å²) in [5, 5.41) is 10.8. The smallest absolute Gasteiger partial charge is 0.0599 e. The molecule has 2 saturated carbocycles. The zero-order valence-electron chi connectivity index (χ0n) is 12.4. The predicted octanol–water partition coefficient (Wildman–Crippen LogP) is 4.78. The van der Waals surface area contributed by atoms with Crippen LogP contribution in [0.2, 0.25) is 0 Å². The molecular weight excluding hydrogens is 220 g/mol. The van der Waals surface area contributed by atoms with Gasteiger partial charge in [-0.05, 0) is 42.9 Å². The van der Waals surface area contributed by atoms with E-state index < -0.39 is 0 Å². The number of hydrogen-bond acceptors (Lipinski definition) is 1. The highest BCUT2D eigenvalue weighted by Crippen LogP contribution is 2.41. The molecule has 2 aliphatic rings. The molecule has 2 rings (SSSR count). The molecule has 0 aromatic rings. The summed E-state index contributed by atoms with van der Waals surface area (Å²) in [7, 11) is 0. The van der Waals surface area contributed by atoms with Crippen molar-refractivity contribution in [3.63, 3.8) is 0 Å². The van der Waals surface area contributed by atoms with Crippen LogP contribution < -0.4 is 0 Å². The minimum atomic E-state index is 0.00426. The normalized spacial score (nSPS) is 39.5. The Hall–Kier alpha value is -0.0400. The van der Waals surface area contributed by atoms with Gasteiger partial charge in [0, 0.05) is 0 Å². The lowest BCUT2D eigenvalue weighted by Gasteiger charge is -2.40. The van der Waals surface area contributed by atoms with E-state index in [0.717, 1.165) is 11.8 Å². The van der Waals surface area contributed by atoms with Gasteiger partial charge in [-0.15, -0.1) is 0 Å². The second kappa shape index (κ2) is 6.93. The molecule has 0 saturated heterocycles. The fourth-order valence-corrected chi connectivity index (χ4v) is 4.56. The van der Waals surface area contributed by atoms with Crippen molar-refractivity contribution < 1.29 is 5.11 Å². The van der Waals surface area contributed by atoms with Crippen molar-refractivity contribution in [2.45, 2.75) is 84.2 Å². The summed E-state index contributed by atoms with van der Waals surface area (Å²) in [6.07, 6.45) is 13.3. The zero-order valence-corrected chi connectivity index (χ0v) is 12.4. The lowest BCUT2D eigenvalue weighted by Crippen LogP contribution is -2.38. The molecule has 0 amide bonds. The van der Waals surface area contributed by atoms with E-state index in [0.29, 0.717) is 11.8 Å². The first-order valence-electron chi connectivity index (χ1n) is 8.44. The Morgan fingerprint density at radius 3 is 2.44 bits per heavy atom. The van der Waals surface area contributed by atoms with Crippen molar-refractivity contribution in [1.29, 1.82) is 0 Å². The molecule has 0 radical (unpaired) electrons. The highest BCUT2D eigenvalue weighted by atomic mass is 16.3. The molecule has 0 spiro atoms. The molecule has 2 fully saturated rings. The summed E-state index contributed by atoms with van der Waals surface area (Å²) in [5.74, 6) is 2.92. The maximum Gasteiger partial charge on any atom is 0.0599 e. The standard InChI is InChI=1S/C17H32O/c1-3-13-8-7-10-15(12-13)17(18)16-11-6-5-9-14(16)4-2/h13-18H,3-12H2,1-2H3. The SMILES string of the molecule is CCC1CCCC(C(O)C2CCCCC2CC)C1. The van der Waals surface area contributed by atoms with Crippen molar-refractivity contribution in [3.8, 4) is 0 Å². The van der Waals surface area contributed by atoms with Crippen LogP contribution in [0, 0.1) is 23.7 Å². The monoisotopic (exact) mass is 252 g/mol. The van der Waals surface area contributed by atoms with Gasteiger partial charge in [-0.2, -0.15) is 0 Å². The van der Waals surface area contributed by atoms with Gasteiger partial charge in [0.1, 0.15) is 0 Å². The molecular formula is C17H32O. The van der Waals surface area contributed by atoms with Crippen molar-refractivity contribution >= 4 is 0 Å². The number of hydrogen-bond donors (Lipinski definition) is 1. The second-order valence-electron chi connectivity index (χ2n) is 6.81. The van der Waals surface area contributed by atoms with Crippen LogP contribution in [0.25, 0.3) is 0 Å². The van der Waals surface area contributed by atoms with Crippen molar-refractivity contribution in [1.82, 2.24) is 0 Å². The van der Waals surface area contributed by atoms with E-state index in [-0.39, 0.29) is 6.10 Å². The Kier molecular flexibility index (Phi) is 5.54. The predicted molar refractivity (Wildman–Crippen MR) is 77.5 cm³/mol. The lowest BCUT2D eigenvalue weighted by molar-refractivity contribution is -0.0160. The van der Waals surface area contributed by atoms with Crippen molar-refractivity contribution in [2.24, 2.45) is 23.7 Å². The van der Waals surface area contributed by atoms with Crippen LogP contribution in [0.5, 0.6) is 0 Å². The van der Waals surface area contributed by atoms with Crippen molar-refractivity contribution in [3.05, 3.63) is 0 Å². The van der Waals surface area contributed by atoms with Crippen LogP contribution in [-0.2, 0) is 0 Å². The summed E-state index contributed by atoms with van der Waals surface area (Å²) in [6, 6.07) is 0. The van der Waals surface area contributed by atoms with E-state index in [9.17, 15) is 5.11 Å². The first-order chi connectivity index (χ1) is 8.76. The third kappa shape index (κ3) is 3.29. The molecule has 2 aliphatic carbocycles. The van der Waals surface area contributed by atoms with Crippen LogP contribution in [-0.4, -0.2) is 11.2 Å².